The van der Waals surface area contributed by atoms with E-state index < -0.39 is 11.9 Å². The van der Waals surface area contributed by atoms with Gasteiger partial charge < -0.3 is 15.6 Å². The summed E-state index contributed by atoms with van der Waals surface area (Å²) in [6.45, 7) is 5.98. The minimum absolute atomic E-state index is 0. The number of nitrogens with two attached hydrogens (primary N) is 1. The molecule has 1 aromatic rings. The molecule has 0 bridgehead atoms. The van der Waals surface area contributed by atoms with E-state index in [-0.39, 0.29) is 29.4 Å². The molecule has 0 amide bonds. The van der Waals surface area contributed by atoms with E-state index >= 15 is 0 Å². The molecule has 0 saturated carbocycles. The van der Waals surface area contributed by atoms with Crippen molar-refractivity contribution in [2.24, 2.45) is 11.1 Å². The van der Waals surface area contributed by atoms with Crippen LogP contribution in [-0.4, -0.2) is 18.3 Å². The topological polar surface area (TPSA) is 55.5 Å². The maximum atomic E-state index is 13.8. The van der Waals surface area contributed by atoms with Gasteiger partial charge in [0.25, 0.3) is 0 Å². The van der Waals surface area contributed by atoms with Crippen LogP contribution >= 0.6 is 12.4 Å². The number of hydrogen-bond donors (Lipinski definition) is 2. The fraction of sp³-hybridized carbons (Fsp3) is 0.571. The van der Waals surface area contributed by atoms with E-state index in [1.165, 1.54) is 19.2 Å². The fourth-order valence-corrected chi connectivity index (χ4v) is 1.63. The van der Waals surface area contributed by atoms with Crippen molar-refractivity contribution in [1.82, 2.24) is 0 Å². The first-order valence-corrected chi connectivity index (χ1v) is 6.02. The summed E-state index contributed by atoms with van der Waals surface area (Å²) in [4.78, 5) is 0. The summed E-state index contributed by atoms with van der Waals surface area (Å²) in [6.07, 6.45) is -0.572. The number of benzene rings is 1. The van der Waals surface area contributed by atoms with Gasteiger partial charge in [-0.05, 0) is 24.0 Å². The molecule has 0 aliphatic carbocycles. The van der Waals surface area contributed by atoms with Crippen LogP contribution in [0.2, 0.25) is 0 Å². The van der Waals surface area contributed by atoms with Crippen molar-refractivity contribution in [2.75, 3.05) is 7.11 Å². The van der Waals surface area contributed by atoms with Gasteiger partial charge in [-0.2, -0.15) is 0 Å². The second-order valence-corrected chi connectivity index (χ2v) is 5.61. The molecular weight excluding hydrogens is 269 g/mol. The van der Waals surface area contributed by atoms with Gasteiger partial charge in [-0.15, -0.1) is 12.4 Å². The van der Waals surface area contributed by atoms with Gasteiger partial charge >= 0.3 is 0 Å². The molecule has 3 nitrogen and oxygen atoms in total. The van der Waals surface area contributed by atoms with Gasteiger partial charge in [-0.1, -0.05) is 20.8 Å². The Morgan fingerprint density at radius 3 is 2.37 bits per heavy atom. The predicted octanol–water partition coefficient (Wildman–Crippen LogP) is 3.05. The molecule has 1 rings (SSSR count). The second-order valence-electron chi connectivity index (χ2n) is 5.61. The molecule has 0 spiro atoms. The molecule has 0 unspecified atom stereocenters. The third kappa shape index (κ3) is 4.97. The van der Waals surface area contributed by atoms with Crippen molar-refractivity contribution in [3.8, 4) is 5.75 Å². The third-order valence-electron chi connectivity index (χ3n) is 3.16. The normalized spacial score (nSPS) is 14.5. The highest BCUT2D eigenvalue weighted by molar-refractivity contribution is 5.85. The first-order chi connectivity index (χ1) is 8.25. The Hall–Kier alpha value is -0.840. The third-order valence-corrected chi connectivity index (χ3v) is 3.16. The van der Waals surface area contributed by atoms with Crippen molar-refractivity contribution < 1.29 is 14.2 Å². The Balaban J connectivity index is 0.00000324. The Bertz CT molecular complexity index is 407. The molecule has 3 N–H and O–H groups in total. The molecule has 110 valence electrons. The minimum atomic E-state index is -0.898. The van der Waals surface area contributed by atoms with Crippen LogP contribution in [0.5, 0.6) is 5.75 Å². The molecule has 0 fully saturated rings. The quantitative estimate of drug-likeness (QED) is 0.896. The molecule has 1 aromatic carbocycles. The number of halogens is 2. The van der Waals surface area contributed by atoms with Crippen LogP contribution in [0.1, 0.15) is 38.9 Å². The summed E-state index contributed by atoms with van der Waals surface area (Å²) >= 11 is 0. The zero-order valence-corrected chi connectivity index (χ0v) is 12.6. The van der Waals surface area contributed by atoms with Gasteiger partial charge in [0.05, 0.1) is 13.2 Å². The lowest BCUT2D eigenvalue weighted by Gasteiger charge is -2.29. The standard InChI is InChI=1S/C14H22FNO2.ClH/c1-14(2,3)13(16)8-12(17)10-6-5-9(18-4)7-11(10)15;/h5-7,12-13,17H,8,16H2,1-4H3;1H/t12-,13+;/m0./s1. The Kier molecular flexibility index (Phi) is 6.77. The van der Waals surface area contributed by atoms with E-state index in [1.54, 1.807) is 6.07 Å². The largest absolute Gasteiger partial charge is 0.497 e. The fourth-order valence-electron chi connectivity index (χ4n) is 1.63. The van der Waals surface area contributed by atoms with E-state index in [9.17, 15) is 9.50 Å². The SMILES string of the molecule is COc1ccc([C@@H](O)C[C@@H](N)C(C)(C)C)c(F)c1.Cl. The predicted molar refractivity (Wildman–Crippen MR) is 77.2 cm³/mol. The number of aliphatic hydroxyl groups is 1. The maximum Gasteiger partial charge on any atom is 0.132 e. The van der Waals surface area contributed by atoms with Crippen LogP contribution in [0.3, 0.4) is 0 Å². The summed E-state index contributed by atoms with van der Waals surface area (Å²) in [5, 5.41) is 10.0. The monoisotopic (exact) mass is 291 g/mol. The van der Waals surface area contributed by atoms with E-state index in [4.69, 9.17) is 10.5 Å². The molecule has 19 heavy (non-hydrogen) atoms. The van der Waals surface area contributed by atoms with Gasteiger partial charge in [-0.3, -0.25) is 0 Å². The van der Waals surface area contributed by atoms with Crippen LogP contribution < -0.4 is 10.5 Å². The lowest BCUT2D eigenvalue weighted by molar-refractivity contribution is 0.130. The number of aliphatic hydroxyl groups excluding tert-OH is 1. The Morgan fingerprint density at radius 2 is 1.95 bits per heavy atom. The summed E-state index contributed by atoms with van der Waals surface area (Å²) in [7, 11) is 1.47. The summed E-state index contributed by atoms with van der Waals surface area (Å²) in [5.74, 6) is -0.0356. The first kappa shape index (κ1) is 18.2. The van der Waals surface area contributed by atoms with Crippen LogP contribution in [0, 0.1) is 11.2 Å². The van der Waals surface area contributed by atoms with E-state index in [2.05, 4.69) is 0 Å². The van der Waals surface area contributed by atoms with Crippen LogP contribution in [0.4, 0.5) is 4.39 Å². The molecule has 0 radical (unpaired) electrons. The molecule has 5 heteroatoms. The average molecular weight is 292 g/mol. The van der Waals surface area contributed by atoms with E-state index in [0.717, 1.165) is 0 Å². The van der Waals surface area contributed by atoms with Crippen LogP contribution in [0.25, 0.3) is 0 Å². The first-order valence-electron chi connectivity index (χ1n) is 6.02. The summed E-state index contributed by atoms with van der Waals surface area (Å²) in [6, 6.07) is 4.23. The van der Waals surface area contributed by atoms with Crippen molar-refractivity contribution in [3.05, 3.63) is 29.6 Å². The highest BCUT2D eigenvalue weighted by Crippen LogP contribution is 2.29. The average Bonchev–Trinajstić information content (AvgIpc) is 2.27. The Morgan fingerprint density at radius 1 is 1.37 bits per heavy atom. The lowest BCUT2D eigenvalue weighted by Crippen LogP contribution is -2.36. The molecule has 0 aromatic heterocycles. The zero-order chi connectivity index (χ0) is 13.9. The number of methoxy groups -OCH3 is 1. The van der Waals surface area contributed by atoms with E-state index in [1.807, 2.05) is 20.8 Å². The van der Waals surface area contributed by atoms with Gasteiger partial charge in [0.1, 0.15) is 11.6 Å². The lowest BCUT2D eigenvalue weighted by atomic mass is 9.83. The smallest absolute Gasteiger partial charge is 0.132 e. The zero-order valence-electron chi connectivity index (χ0n) is 11.8. The van der Waals surface area contributed by atoms with E-state index in [0.29, 0.717) is 12.2 Å². The molecule has 0 aliphatic heterocycles. The summed E-state index contributed by atoms with van der Waals surface area (Å²) in [5.41, 5.74) is 6.13. The van der Waals surface area contributed by atoms with Crippen molar-refractivity contribution in [2.45, 2.75) is 39.3 Å². The second kappa shape index (κ2) is 7.08. The van der Waals surface area contributed by atoms with Crippen LogP contribution in [-0.2, 0) is 0 Å². The number of ether oxygens (including phenoxy) is 1. The molecule has 0 heterocycles. The van der Waals surface area contributed by atoms with Crippen LogP contribution in [0.15, 0.2) is 18.2 Å². The molecule has 0 aliphatic rings. The van der Waals surface area contributed by atoms with Gasteiger partial charge in [0, 0.05) is 17.7 Å². The Labute approximate surface area is 120 Å². The van der Waals surface area contributed by atoms with Gasteiger partial charge in [-0.25, -0.2) is 4.39 Å². The van der Waals surface area contributed by atoms with Crippen molar-refractivity contribution in [3.63, 3.8) is 0 Å². The molecule has 2 atom stereocenters. The number of rotatable bonds is 4. The number of hydrogen-bond acceptors (Lipinski definition) is 3. The highest BCUT2D eigenvalue weighted by atomic mass is 35.5. The van der Waals surface area contributed by atoms with Crippen molar-refractivity contribution in [1.29, 1.82) is 0 Å². The van der Waals surface area contributed by atoms with Gasteiger partial charge in [0.2, 0.25) is 0 Å². The molecule has 0 saturated heterocycles. The maximum absolute atomic E-state index is 13.8. The van der Waals surface area contributed by atoms with Crippen molar-refractivity contribution >= 4 is 12.4 Å². The summed E-state index contributed by atoms with van der Waals surface area (Å²) < 4.78 is 18.7. The minimum Gasteiger partial charge on any atom is -0.497 e. The molecular formula is C14H23ClFNO2. The van der Waals surface area contributed by atoms with Gasteiger partial charge in [0.15, 0.2) is 0 Å². The highest BCUT2D eigenvalue weighted by Gasteiger charge is 2.25.